The van der Waals surface area contributed by atoms with Gasteiger partial charge in [-0.25, -0.2) is 8.42 Å². The molecule has 0 spiro atoms. The van der Waals surface area contributed by atoms with Crippen molar-refractivity contribution in [1.82, 2.24) is 0 Å². The van der Waals surface area contributed by atoms with E-state index in [9.17, 15) is 8.42 Å². The summed E-state index contributed by atoms with van der Waals surface area (Å²) < 4.78 is 31.8. The van der Waals surface area contributed by atoms with Gasteiger partial charge < -0.3 is 4.74 Å². The molecule has 4 nitrogen and oxygen atoms in total. The molecule has 0 atom stereocenters. The van der Waals surface area contributed by atoms with Crippen LogP contribution in [0.1, 0.15) is 13.8 Å². The van der Waals surface area contributed by atoms with Gasteiger partial charge in [0.15, 0.2) is 0 Å². The summed E-state index contributed by atoms with van der Waals surface area (Å²) in [5, 5.41) is -0.485. The highest BCUT2D eigenvalue weighted by Crippen LogP contribution is 2.24. The molecule has 0 fully saturated rings. The molecule has 0 saturated heterocycles. The largest absolute Gasteiger partial charge is 0.457 e. The standard InChI is InChI=1S/C15H17NO3S/c1-12(2)20(17,18)16-13-7-6-10-15(11-13)19-14-8-4-3-5-9-14/h3-12,16H,1-2H3. The molecule has 1 N–H and O–H groups in total. The summed E-state index contributed by atoms with van der Waals surface area (Å²) in [7, 11) is -3.35. The van der Waals surface area contributed by atoms with E-state index in [4.69, 9.17) is 4.74 Å². The quantitative estimate of drug-likeness (QED) is 0.915. The summed E-state index contributed by atoms with van der Waals surface area (Å²) >= 11 is 0. The average Bonchev–Trinajstić information content (AvgIpc) is 2.39. The maximum absolute atomic E-state index is 11.8. The minimum atomic E-state index is -3.35. The molecule has 0 aliphatic rings. The molecule has 0 aromatic heterocycles. The molecule has 106 valence electrons. The maximum atomic E-state index is 11.8. The Morgan fingerprint density at radius 1 is 0.950 bits per heavy atom. The van der Waals surface area contributed by atoms with Crippen LogP contribution in [0.15, 0.2) is 54.6 Å². The van der Waals surface area contributed by atoms with Gasteiger partial charge >= 0.3 is 0 Å². The Kier molecular flexibility index (Phi) is 4.29. The second-order valence-corrected chi connectivity index (χ2v) is 6.88. The summed E-state index contributed by atoms with van der Waals surface area (Å²) in [4.78, 5) is 0. The molecule has 2 aromatic carbocycles. The molecule has 0 unspecified atom stereocenters. The van der Waals surface area contributed by atoms with Gasteiger partial charge in [-0.1, -0.05) is 24.3 Å². The van der Waals surface area contributed by atoms with Gasteiger partial charge in [-0.3, -0.25) is 4.72 Å². The SMILES string of the molecule is CC(C)S(=O)(=O)Nc1cccc(Oc2ccccc2)c1. The zero-order valence-electron chi connectivity index (χ0n) is 11.4. The Morgan fingerprint density at radius 2 is 1.60 bits per heavy atom. The Morgan fingerprint density at radius 3 is 2.25 bits per heavy atom. The number of hydrogen-bond acceptors (Lipinski definition) is 3. The fourth-order valence-corrected chi connectivity index (χ4v) is 2.22. The van der Waals surface area contributed by atoms with Crippen LogP contribution in [0.5, 0.6) is 11.5 Å². The molecular formula is C15H17NO3S. The van der Waals surface area contributed by atoms with Crippen LogP contribution in [0.25, 0.3) is 0 Å². The van der Waals surface area contributed by atoms with Crippen LogP contribution in [-0.2, 0) is 10.0 Å². The first-order valence-corrected chi connectivity index (χ1v) is 7.86. The van der Waals surface area contributed by atoms with Crippen LogP contribution in [0.4, 0.5) is 5.69 Å². The first-order chi connectivity index (χ1) is 9.47. The molecule has 2 rings (SSSR count). The third-order valence-corrected chi connectivity index (χ3v) is 4.46. The minimum absolute atomic E-state index is 0.485. The fraction of sp³-hybridized carbons (Fsp3) is 0.200. The summed E-state index contributed by atoms with van der Waals surface area (Å²) in [6.07, 6.45) is 0. The Balaban J connectivity index is 2.17. The van der Waals surface area contributed by atoms with Crippen molar-refractivity contribution in [3.05, 3.63) is 54.6 Å². The van der Waals surface area contributed by atoms with Gasteiger partial charge in [0, 0.05) is 6.07 Å². The topological polar surface area (TPSA) is 55.4 Å². The monoisotopic (exact) mass is 291 g/mol. The molecule has 0 radical (unpaired) electrons. The fourth-order valence-electron chi connectivity index (χ4n) is 1.53. The summed E-state index contributed by atoms with van der Waals surface area (Å²) in [5.74, 6) is 1.29. The number of anilines is 1. The second-order valence-electron chi connectivity index (χ2n) is 4.64. The molecule has 0 bridgehead atoms. The van der Waals surface area contributed by atoms with Gasteiger partial charge in [0.25, 0.3) is 0 Å². The molecule has 2 aromatic rings. The van der Waals surface area contributed by atoms with Crippen molar-refractivity contribution >= 4 is 15.7 Å². The van der Waals surface area contributed by atoms with Crippen molar-refractivity contribution in [1.29, 1.82) is 0 Å². The van der Waals surface area contributed by atoms with Crippen LogP contribution in [0, 0.1) is 0 Å². The summed E-state index contributed by atoms with van der Waals surface area (Å²) in [5.41, 5.74) is 0.493. The van der Waals surface area contributed by atoms with E-state index in [0.29, 0.717) is 17.2 Å². The van der Waals surface area contributed by atoms with E-state index in [0.717, 1.165) is 0 Å². The highest BCUT2D eigenvalue weighted by molar-refractivity contribution is 7.93. The summed E-state index contributed by atoms with van der Waals surface area (Å²) in [6.45, 7) is 3.26. The predicted octanol–water partition coefficient (Wildman–Crippen LogP) is 3.63. The minimum Gasteiger partial charge on any atom is -0.457 e. The molecule has 0 saturated carbocycles. The van der Waals surface area contributed by atoms with Gasteiger partial charge in [0.1, 0.15) is 11.5 Å². The van der Waals surface area contributed by atoms with Crippen LogP contribution >= 0.6 is 0 Å². The molecule has 5 heteroatoms. The lowest BCUT2D eigenvalue weighted by Gasteiger charge is -2.12. The van der Waals surface area contributed by atoms with Crippen LogP contribution in [0.2, 0.25) is 0 Å². The smallest absolute Gasteiger partial charge is 0.235 e. The van der Waals surface area contributed by atoms with Crippen LogP contribution in [0.3, 0.4) is 0 Å². The van der Waals surface area contributed by atoms with Crippen molar-refractivity contribution in [3.63, 3.8) is 0 Å². The van der Waals surface area contributed by atoms with Gasteiger partial charge in [0.2, 0.25) is 10.0 Å². The predicted molar refractivity (Wildman–Crippen MR) is 80.6 cm³/mol. The molecule has 0 amide bonds. The number of para-hydroxylation sites is 1. The normalized spacial score (nSPS) is 11.3. The van der Waals surface area contributed by atoms with Crippen molar-refractivity contribution in [2.45, 2.75) is 19.1 Å². The molecule has 0 aliphatic carbocycles. The van der Waals surface area contributed by atoms with Crippen LogP contribution in [-0.4, -0.2) is 13.7 Å². The Hall–Kier alpha value is -2.01. The first kappa shape index (κ1) is 14.4. The molecule has 20 heavy (non-hydrogen) atoms. The van der Waals surface area contributed by atoms with E-state index in [1.165, 1.54) is 0 Å². The number of benzene rings is 2. The van der Waals surface area contributed by atoms with E-state index in [1.54, 1.807) is 38.1 Å². The average molecular weight is 291 g/mol. The maximum Gasteiger partial charge on any atom is 0.235 e. The van der Waals surface area contributed by atoms with Gasteiger partial charge in [-0.05, 0) is 38.1 Å². The summed E-state index contributed by atoms with van der Waals surface area (Å²) in [6, 6.07) is 16.2. The third-order valence-electron chi connectivity index (χ3n) is 2.69. The lowest BCUT2D eigenvalue weighted by Crippen LogP contribution is -2.22. The Labute approximate surface area is 119 Å². The highest BCUT2D eigenvalue weighted by Gasteiger charge is 2.15. The van der Waals surface area contributed by atoms with Gasteiger partial charge in [-0.2, -0.15) is 0 Å². The second kappa shape index (κ2) is 5.96. The van der Waals surface area contributed by atoms with Gasteiger partial charge in [-0.15, -0.1) is 0 Å². The Bertz CT molecular complexity index is 667. The number of hydrogen-bond donors (Lipinski definition) is 1. The molecule has 0 heterocycles. The highest BCUT2D eigenvalue weighted by atomic mass is 32.2. The zero-order valence-corrected chi connectivity index (χ0v) is 12.2. The van der Waals surface area contributed by atoms with Crippen molar-refractivity contribution in [2.24, 2.45) is 0 Å². The van der Waals surface area contributed by atoms with E-state index in [1.807, 2.05) is 30.3 Å². The first-order valence-electron chi connectivity index (χ1n) is 6.32. The van der Waals surface area contributed by atoms with E-state index >= 15 is 0 Å². The molecular weight excluding hydrogens is 274 g/mol. The van der Waals surface area contributed by atoms with Crippen molar-refractivity contribution < 1.29 is 13.2 Å². The van der Waals surface area contributed by atoms with E-state index < -0.39 is 15.3 Å². The number of sulfonamides is 1. The van der Waals surface area contributed by atoms with Crippen molar-refractivity contribution in [3.8, 4) is 11.5 Å². The lowest BCUT2D eigenvalue weighted by atomic mass is 10.3. The zero-order chi connectivity index (χ0) is 14.6. The lowest BCUT2D eigenvalue weighted by molar-refractivity contribution is 0.483. The van der Waals surface area contributed by atoms with Crippen molar-refractivity contribution in [2.75, 3.05) is 4.72 Å². The number of nitrogens with one attached hydrogen (secondary N) is 1. The van der Waals surface area contributed by atoms with Crippen LogP contribution < -0.4 is 9.46 Å². The van der Waals surface area contributed by atoms with Gasteiger partial charge in [0.05, 0.1) is 10.9 Å². The number of ether oxygens (including phenoxy) is 1. The third kappa shape index (κ3) is 3.74. The van der Waals surface area contributed by atoms with E-state index in [-0.39, 0.29) is 0 Å². The van der Waals surface area contributed by atoms with E-state index in [2.05, 4.69) is 4.72 Å². The molecule has 0 aliphatic heterocycles. The number of rotatable bonds is 5.